The summed E-state index contributed by atoms with van der Waals surface area (Å²) in [5.41, 5.74) is 2.26. The second-order valence-corrected chi connectivity index (χ2v) is 8.62. The number of aliphatic hydroxyl groups excluding tert-OH is 1. The molecular formula is C29H26N2O6. The van der Waals surface area contributed by atoms with Crippen LogP contribution in [-0.2, 0) is 16.6 Å². The highest BCUT2D eigenvalue weighted by Gasteiger charge is 2.48. The minimum atomic E-state index is -0.908. The Morgan fingerprint density at radius 2 is 1.49 bits per heavy atom. The van der Waals surface area contributed by atoms with Crippen molar-refractivity contribution in [3.8, 4) is 17.2 Å². The maximum absolute atomic E-state index is 13.6. The van der Waals surface area contributed by atoms with Crippen LogP contribution in [0, 0.1) is 0 Å². The van der Waals surface area contributed by atoms with Crippen LogP contribution in [0.2, 0.25) is 0 Å². The van der Waals surface area contributed by atoms with Crippen LogP contribution in [0.4, 0.5) is 5.69 Å². The molecule has 0 radical (unpaired) electrons. The first-order valence-electron chi connectivity index (χ1n) is 11.6. The van der Waals surface area contributed by atoms with Crippen LogP contribution in [-0.4, -0.2) is 42.7 Å². The van der Waals surface area contributed by atoms with Crippen molar-refractivity contribution in [2.24, 2.45) is 7.05 Å². The predicted molar refractivity (Wildman–Crippen MR) is 140 cm³/mol. The summed E-state index contributed by atoms with van der Waals surface area (Å²) in [6, 6.07) is 18.7. The summed E-state index contributed by atoms with van der Waals surface area (Å²) in [6.45, 7) is 0. The van der Waals surface area contributed by atoms with E-state index in [1.807, 2.05) is 42.1 Å². The normalized spacial score (nSPS) is 16.9. The molecular weight excluding hydrogens is 472 g/mol. The number of aliphatic hydroxyl groups is 1. The van der Waals surface area contributed by atoms with Gasteiger partial charge < -0.3 is 23.9 Å². The minimum absolute atomic E-state index is 0.0556. The largest absolute Gasteiger partial charge is 0.506 e. The number of aryl methyl sites for hydroxylation is 1. The molecule has 1 N–H and O–H groups in total. The molecule has 0 saturated carbocycles. The van der Waals surface area contributed by atoms with E-state index in [0.717, 1.165) is 10.9 Å². The number of amides is 1. The van der Waals surface area contributed by atoms with Crippen molar-refractivity contribution in [3.63, 3.8) is 0 Å². The van der Waals surface area contributed by atoms with Gasteiger partial charge in [0.25, 0.3) is 11.7 Å². The maximum atomic E-state index is 13.6. The molecule has 2 heterocycles. The van der Waals surface area contributed by atoms with Crippen molar-refractivity contribution in [3.05, 3.63) is 89.6 Å². The lowest BCUT2D eigenvalue weighted by Gasteiger charge is -2.25. The monoisotopic (exact) mass is 498 g/mol. The number of rotatable bonds is 6. The van der Waals surface area contributed by atoms with Gasteiger partial charge in [-0.15, -0.1) is 0 Å². The molecule has 1 aromatic heterocycles. The highest BCUT2D eigenvalue weighted by Crippen LogP contribution is 2.47. The smallest absolute Gasteiger partial charge is 0.300 e. The number of fused-ring (bicyclic) bond motifs is 1. The number of ether oxygens (including phenoxy) is 3. The molecule has 0 aliphatic carbocycles. The Balaban J connectivity index is 1.83. The Kier molecular flexibility index (Phi) is 6.09. The van der Waals surface area contributed by atoms with E-state index >= 15 is 0 Å². The Morgan fingerprint density at radius 1 is 0.838 bits per heavy atom. The Hall–Kier alpha value is -4.72. The van der Waals surface area contributed by atoms with Gasteiger partial charge in [0.2, 0.25) is 0 Å². The first kappa shape index (κ1) is 24.0. The fourth-order valence-corrected chi connectivity index (χ4v) is 4.95. The number of hydrogen-bond acceptors (Lipinski definition) is 6. The standard InChI is InChI=1S/C29H26N2O6/c1-30-16-20(19-8-5-6-9-21(19)30)26-25(27(32)24-22(36-3)10-7-11-23(24)37-4)28(33)29(34)31(26)17-12-14-18(35-2)15-13-17/h5-16,26,32H,1-4H3/b27-25+. The number of Topliss-reactive ketones (excluding diaryl/α,β-unsaturated/α-hetero) is 1. The Morgan fingerprint density at radius 3 is 2.11 bits per heavy atom. The highest BCUT2D eigenvalue weighted by atomic mass is 16.5. The second kappa shape index (κ2) is 9.39. The number of benzene rings is 3. The molecule has 1 atom stereocenters. The maximum Gasteiger partial charge on any atom is 0.300 e. The van der Waals surface area contributed by atoms with Crippen molar-refractivity contribution in [2.75, 3.05) is 26.2 Å². The van der Waals surface area contributed by atoms with Gasteiger partial charge in [-0.2, -0.15) is 0 Å². The zero-order valence-corrected chi connectivity index (χ0v) is 20.9. The second-order valence-electron chi connectivity index (χ2n) is 8.62. The van der Waals surface area contributed by atoms with E-state index in [1.54, 1.807) is 49.6 Å². The number of aromatic nitrogens is 1. The zero-order valence-electron chi connectivity index (χ0n) is 20.9. The molecule has 1 saturated heterocycles. The Bertz CT molecular complexity index is 1530. The van der Waals surface area contributed by atoms with Crippen LogP contribution in [0.1, 0.15) is 17.2 Å². The number of para-hydroxylation sites is 1. The molecule has 1 fully saturated rings. The minimum Gasteiger partial charge on any atom is -0.506 e. The lowest BCUT2D eigenvalue weighted by atomic mass is 9.94. The zero-order chi connectivity index (χ0) is 26.3. The van der Waals surface area contributed by atoms with Crippen LogP contribution >= 0.6 is 0 Å². The van der Waals surface area contributed by atoms with E-state index in [-0.39, 0.29) is 16.9 Å². The number of carbonyl (C=O) groups excluding carboxylic acids is 2. The van der Waals surface area contributed by atoms with Gasteiger partial charge in [0.1, 0.15) is 28.6 Å². The predicted octanol–water partition coefficient (Wildman–Crippen LogP) is 4.83. The van der Waals surface area contributed by atoms with Crippen molar-refractivity contribution >= 4 is 34.0 Å². The first-order chi connectivity index (χ1) is 17.9. The fraction of sp³-hybridized carbons (Fsp3) is 0.172. The third-order valence-electron chi connectivity index (χ3n) is 6.68. The molecule has 37 heavy (non-hydrogen) atoms. The molecule has 1 aliphatic rings. The number of ketones is 1. The van der Waals surface area contributed by atoms with Crippen LogP contribution in [0.25, 0.3) is 16.7 Å². The van der Waals surface area contributed by atoms with Crippen LogP contribution < -0.4 is 19.1 Å². The summed E-state index contributed by atoms with van der Waals surface area (Å²) < 4.78 is 18.2. The number of nitrogens with zero attached hydrogens (tertiary/aromatic N) is 2. The molecule has 188 valence electrons. The number of methoxy groups -OCH3 is 3. The van der Waals surface area contributed by atoms with Gasteiger partial charge in [0.15, 0.2) is 0 Å². The third kappa shape index (κ3) is 3.78. The van der Waals surface area contributed by atoms with Gasteiger partial charge in [-0.25, -0.2) is 0 Å². The van der Waals surface area contributed by atoms with Crippen molar-refractivity contribution in [1.82, 2.24) is 4.57 Å². The van der Waals surface area contributed by atoms with E-state index in [0.29, 0.717) is 28.5 Å². The summed E-state index contributed by atoms with van der Waals surface area (Å²) in [6.07, 6.45) is 1.88. The SMILES string of the molecule is COc1ccc(N2C(=O)C(=O)/C(=C(/O)c3c(OC)cccc3OC)C2c2cn(C)c3ccccc23)cc1. The summed E-state index contributed by atoms with van der Waals surface area (Å²) in [5.74, 6) is -0.701. The topological polar surface area (TPSA) is 90.2 Å². The first-order valence-corrected chi connectivity index (χ1v) is 11.6. The van der Waals surface area contributed by atoms with Crippen molar-refractivity contribution in [2.45, 2.75) is 6.04 Å². The third-order valence-corrected chi connectivity index (χ3v) is 6.68. The van der Waals surface area contributed by atoms with Gasteiger partial charge >= 0.3 is 0 Å². The van der Waals surface area contributed by atoms with Crippen LogP contribution in [0.3, 0.4) is 0 Å². The molecule has 8 nitrogen and oxygen atoms in total. The molecule has 0 spiro atoms. The van der Waals surface area contributed by atoms with Gasteiger partial charge in [-0.3, -0.25) is 14.5 Å². The van der Waals surface area contributed by atoms with E-state index in [4.69, 9.17) is 14.2 Å². The molecule has 3 aromatic carbocycles. The van der Waals surface area contributed by atoms with E-state index in [2.05, 4.69) is 0 Å². The van der Waals surface area contributed by atoms with E-state index in [9.17, 15) is 14.7 Å². The summed E-state index contributed by atoms with van der Waals surface area (Å²) in [7, 11) is 6.37. The molecule has 8 heteroatoms. The van der Waals surface area contributed by atoms with Crippen molar-refractivity contribution < 1.29 is 28.9 Å². The van der Waals surface area contributed by atoms with Gasteiger partial charge in [-0.1, -0.05) is 24.3 Å². The summed E-state index contributed by atoms with van der Waals surface area (Å²) in [4.78, 5) is 28.6. The lowest BCUT2D eigenvalue weighted by Crippen LogP contribution is -2.29. The van der Waals surface area contributed by atoms with Gasteiger partial charge in [-0.05, 0) is 42.5 Å². The number of hydrogen-bond donors (Lipinski definition) is 1. The van der Waals surface area contributed by atoms with Gasteiger partial charge in [0.05, 0.1) is 32.9 Å². The average Bonchev–Trinajstić information content (AvgIpc) is 3.40. The van der Waals surface area contributed by atoms with Crippen LogP contribution in [0.15, 0.2) is 78.5 Å². The molecule has 5 rings (SSSR count). The highest BCUT2D eigenvalue weighted by molar-refractivity contribution is 6.52. The quantitative estimate of drug-likeness (QED) is 0.233. The van der Waals surface area contributed by atoms with Crippen molar-refractivity contribution in [1.29, 1.82) is 0 Å². The summed E-state index contributed by atoms with van der Waals surface area (Å²) in [5, 5.41) is 12.5. The molecule has 1 amide bonds. The molecule has 0 bridgehead atoms. The molecule has 4 aromatic rings. The fourth-order valence-electron chi connectivity index (χ4n) is 4.95. The lowest BCUT2D eigenvalue weighted by molar-refractivity contribution is -0.132. The average molecular weight is 499 g/mol. The van der Waals surface area contributed by atoms with Crippen LogP contribution in [0.5, 0.6) is 17.2 Å². The van der Waals surface area contributed by atoms with E-state index in [1.165, 1.54) is 19.1 Å². The number of carbonyl (C=O) groups is 2. The Labute approximate surface area is 213 Å². The molecule has 1 aliphatic heterocycles. The summed E-state index contributed by atoms with van der Waals surface area (Å²) >= 11 is 0. The molecule has 1 unspecified atom stereocenters. The number of anilines is 1. The van der Waals surface area contributed by atoms with Gasteiger partial charge in [0, 0.05) is 35.4 Å². The van der Waals surface area contributed by atoms with E-state index < -0.39 is 17.7 Å².